The Morgan fingerprint density at radius 2 is 1.62 bits per heavy atom. The summed E-state index contributed by atoms with van der Waals surface area (Å²) in [6.45, 7) is 19.6. The number of hydrogen-bond donors (Lipinski definition) is 0. The van der Waals surface area contributed by atoms with Crippen molar-refractivity contribution >= 4 is 16.5 Å². The van der Waals surface area contributed by atoms with Gasteiger partial charge in [0, 0.05) is 0 Å². The van der Waals surface area contributed by atoms with Crippen molar-refractivity contribution in [3.05, 3.63) is 24.1 Å². The van der Waals surface area contributed by atoms with Crippen LogP contribution in [0.25, 0.3) is 0 Å². The Hall–Kier alpha value is -0.126. The van der Waals surface area contributed by atoms with Crippen molar-refractivity contribution in [3.8, 4) is 0 Å². The summed E-state index contributed by atoms with van der Waals surface area (Å²) in [6, 6.07) is 0. The fourth-order valence-electron chi connectivity index (χ4n) is 1.14. The predicted octanol–water partition coefficient (Wildman–Crippen LogP) is 3.17. The Kier molecular flexibility index (Phi) is 3.90. The van der Waals surface area contributed by atoms with Gasteiger partial charge in [-0.1, -0.05) is 37.1 Å². The molecule has 76 valence electrons. The van der Waals surface area contributed by atoms with Crippen molar-refractivity contribution in [1.29, 1.82) is 0 Å². The second-order valence-electron chi connectivity index (χ2n) is 4.76. The standard InChI is InChI=1S/C10H23NSi2/c1-9-12(5,6)11(4)13(7,8)10(2)3/h9H,1-2H2,3-8H3. The van der Waals surface area contributed by atoms with Crippen molar-refractivity contribution in [2.24, 2.45) is 0 Å². The molecule has 0 aliphatic heterocycles. The number of rotatable bonds is 4. The third-order valence-electron chi connectivity index (χ3n) is 3.25. The summed E-state index contributed by atoms with van der Waals surface area (Å²) in [6.07, 6.45) is 0. The minimum atomic E-state index is -1.41. The number of nitrogens with zero attached hydrogens (tertiary/aromatic N) is 1. The van der Waals surface area contributed by atoms with Gasteiger partial charge in [-0.2, -0.15) is 0 Å². The van der Waals surface area contributed by atoms with Crippen LogP contribution in [0, 0.1) is 0 Å². The normalized spacial score (nSPS) is 13.2. The molecular formula is C10H23NSi2. The van der Waals surface area contributed by atoms with E-state index >= 15 is 0 Å². The van der Waals surface area contributed by atoms with Gasteiger partial charge in [-0.05, 0) is 14.0 Å². The smallest absolute Gasteiger partial charge is 0.142 e. The molecule has 0 amide bonds. The van der Waals surface area contributed by atoms with Crippen LogP contribution in [0.4, 0.5) is 0 Å². The summed E-state index contributed by atoms with van der Waals surface area (Å²) in [7, 11) is -0.561. The molecule has 0 aliphatic carbocycles. The lowest BCUT2D eigenvalue weighted by Crippen LogP contribution is -2.59. The predicted molar refractivity (Wildman–Crippen MR) is 67.7 cm³/mol. The molecule has 13 heavy (non-hydrogen) atoms. The van der Waals surface area contributed by atoms with Crippen LogP contribution in [0.1, 0.15) is 6.92 Å². The van der Waals surface area contributed by atoms with Gasteiger partial charge in [0.2, 0.25) is 0 Å². The van der Waals surface area contributed by atoms with Gasteiger partial charge in [-0.15, -0.1) is 13.2 Å². The molecule has 0 aliphatic rings. The summed E-state index contributed by atoms with van der Waals surface area (Å²) in [5.41, 5.74) is 2.14. The minimum absolute atomic E-state index is 1.34. The van der Waals surface area contributed by atoms with Gasteiger partial charge < -0.3 is 4.23 Å². The van der Waals surface area contributed by atoms with Crippen LogP contribution in [0.5, 0.6) is 0 Å². The molecule has 0 aromatic heterocycles. The Morgan fingerprint density at radius 3 is 1.85 bits per heavy atom. The zero-order valence-corrected chi connectivity index (χ0v) is 11.9. The fourth-order valence-corrected chi connectivity index (χ4v) is 8.60. The van der Waals surface area contributed by atoms with Crippen molar-refractivity contribution in [2.45, 2.75) is 33.1 Å². The Morgan fingerprint density at radius 1 is 1.23 bits per heavy atom. The lowest BCUT2D eigenvalue weighted by atomic mass is 10.8. The van der Waals surface area contributed by atoms with Gasteiger partial charge in [-0.3, -0.25) is 0 Å². The molecule has 0 saturated carbocycles. The fraction of sp³-hybridized carbons (Fsp3) is 0.600. The molecule has 0 saturated heterocycles. The van der Waals surface area contributed by atoms with E-state index in [9.17, 15) is 0 Å². The number of allylic oxidation sites excluding steroid dienone is 1. The quantitative estimate of drug-likeness (QED) is 0.649. The zero-order valence-electron chi connectivity index (χ0n) is 9.94. The van der Waals surface area contributed by atoms with Crippen molar-refractivity contribution < 1.29 is 0 Å². The van der Waals surface area contributed by atoms with Crippen LogP contribution in [0.2, 0.25) is 26.2 Å². The molecule has 0 heterocycles. The third-order valence-corrected chi connectivity index (χ3v) is 13.1. The number of hydrogen-bond acceptors (Lipinski definition) is 1. The van der Waals surface area contributed by atoms with Crippen LogP contribution in [-0.2, 0) is 0 Å². The molecule has 0 radical (unpaired) electrons. The molecule has 0 rings (SSSR count). The molecule has 0 bridgehead atoms. The highest BCUT2D eigenvalue weighted by Crippen LogP contribution is 2.23. The highest BCUT2D eigenvalue weighted by Gasteiger charge is 2.36. The average molecular weight is 213 g/mol. The van der Waals surface area contributed by atoms with Crippen LogP contribution < -0.4 is 0 Å². The molecule has 0 aromatic rings. The van der Waals surface area contributed by atoms with Crippen LogP contribution >= 0.6 is 0 Å². The SMILES string of the molecule is C=C[Si](C)(C)N(C)[Si](C)(C)C(=C)C. The van der Waals surface area contributed by atoms with Crippen LogP contribution in [-0.4, -0.2) is 27.7 Å². The molecule has 0 spiro atoms. The first-order valence-electron chi connectivity index (χ1n) is 4.69. The van der Waals surface area contributed by atoms with Crippen molar-refractivity contribution in [2.75, 3.05) is 7.05 Å². The van der Waals surface area contributed by atoms with Gasteiger partial charge in [0.25, 0.3) is 0 Å². The van der Waals surface area contributed by atoms with Gasteiger partial charge in [0.1, 0.15) is 16.5 Å². The maximum atomic E-state index is 4.10. The molecule has 0 N–H and O–H groups in total. The summed E-state index contributed by atoms with van der Waals surface area (Å²) >= 11 is 0. The Bertz CT molecular complexity index is 219. The van der Waals surface area contributed by atoms with Crippen LogP contribution in [0.3, 0.4) is 0 Å². The van der Waals surface area contributed by atoms with E-state index < -0.39 is 16.5 Å². The average Bonchev–Trinajstić information content (AvgIpc) is 2.02. The molecule has 1 nitrogen and oxygen atoms in total. The third kappa shape index (κ3) is 2.66. The lowest BCUT2D eigenvalue weighted by molar-refractivity contribution is 0.766. The van der Waals surface area contributed by atoms with Gasteiger partial charge in [0.05, 0.1) is 0 Å². The van der Waals surface area contributed by atoms with E-state index in [0.29, 0.717) is 0 Å². The molecule has 0 aromatic carbocycles. The van der Waals surface area contributed by atoms with E-state index in [1.807, 2.05) is 0 Å². The van der Waals surface area contributed by atoms with E-state index in [1.165, 1.54) is 5.20 Å². The van der Waals surface area contributed by atoms with E-state index in [1.54, 1.807) is 0 Å². The maximum absolute atomic E-state index is 4.10. The summed E-state index contributed by atoms with van der Waals surface area (Å²) in [5.74, 6) is 0. The summed E-state index contributed by atoms with van der Waals surface area (Å²) < 4.78 is 2.56. The molecule has 0 atom stereocenters. The van der Waals surface area contributed by atoms with Crippen LogP contribution in [0.15, 0.2) is 24.1 Å². The molecular weight excluding hydrogens is 190 g/mol. The first-order chi connectivity index (χ1) is 5.66. The highest BCUT2D eigenvalue weighted by atomic mass is 28.4. The van der Waals surface area contributed by atoms with E-state index in [2.05, 4.69) is 63.2 Å². The van der Waals surface area contributed by atoms with Gasteiger partial charge in [-0.25, -0.2) is 0 Å². The second kappa shape index (κ2) is 3.94. The monoisotopic (exact) mass is 213 g/mol. The Labute approximate surface area is 85.3 Å². The highest BCUT2D eigenvalue weighted by molar-refractivity contribution is 6.95. The van der Waals surface area contributed by atoms with Crippen molar-refractivity contribution in [1.82, 2.24) is 4.23 Å². The summed E-state index contributed by atoms with van der Waals surface area (Å²) in [4.78, 5) is 0. The van der Waals surface area contributed by atoms with Gasteiger partial charge in [0.15, 0.2) is 0 Å². The lowest BCUT2D eigenvalue weighted by Gasteiger charge is -2.43. The second-order valence-corrected chi connectivity index (χ2v) is 14.2. The first kappa shape index (κ1) is 12.9. The van der Waals surface area contributed by atoms with E-state index in [0.717, 1.165) is 0 Å². The maximum Gasteiger partial charge on any atom is 0.142 e. The molecule has 0 unspecified atom stereocenters. The zero-order chi connectivity index (χ0) is 10.9. The van der Waals surface area contributed by atoms with Gasteiger partial charge >= 0.3 is 0 Å². The van der Waals surface area contributed by atoms with E-state index in [-0.39, 0.29) is 0 Å². The first-order valence-corrected chi connectivity index (χ1v) is 10.7. The summed E-state index contributed by atoms with van der Waals surface area (Å²) in [5, 5.41) is 1.34. The molecule has 3 heteroatoms. The Balaban J connectivity index is 4.88. The molecule has 0 fully saturated rings. The largest absolute Gasteiger partial charge is 0.342 e. The van der Waals surface area contributed by atoms with E-state index in [4.69, 9.17) is 0 Å². The van der Waals surface area contributed by atoms with Crippen molar-refractivity contribution in [3.63, 3.8) is 0 Å². The topological polar surface area (TPSA) is 3.24 Å². The minimum Gasteiger partial charge on any atom is -0.342 e.